The van der Waals surface area contributed by atoms with E-state index in [0.717, 1.165) is 25.1 Å². The minimum absolute atomic E-state index is 1.11. The van der Waals surface area contributed by atoms with Crippen LogP contribution in [0.5, 0.6) is 0 Å². The van der Waals surface area contributed by atoms with Crippen LogP contribution in [0.3, 0.4) is 0 Å². The number of imidazole rings is 1. The van der Waals surface area contributed by atoms with Gasteiger partial charge in [0.1, 0.15) is 5.82 Å². The predicted octanol–water partition coefficient (Wildman–Crippen LogP) is 5.51. The Morgan fingerprint density at radius 1 is 0.875 bits per heavy atom. The Hall–Kier alpha value is -2.35. The van der Waals surface area contributed by atoms with Crippen LogP contribution in [0.25, 0.3) is 22.4 Å². The summed E-state index contributed by atoms with van der Waals surface area (Å²) in [5.41, 5.74) is 6.29. The molecule has 0 amide bonds. The van der Waals surface area contributed by atoms with Gasteiger partial charge in [0, 0.05) is 24.7 Å². The average molecular weight is 316 g/mol. The van der Waals surface area contributed by atoms with Crippen LogP contribution < -0.4 is 0 Å². The number of aromatic nitrogens is 2. The fraction of sp³-hybridized carbons (Fsp3) is 0.318. The van der Waals surface area contributed by atoms with E-state index in [4.69, 9.17) is 4.98 Å². The molecule has 0 atom stereocenters. The zero-order chi connectivity index (χ0) is 16.4. The molecule has 2 heterocycles. The van der Waals surface area contributed by atoms with Crippen molar-refractivity contribution in [2.75, 3.05) is 0 Å². The number of hydrogen-bond acceptors (Lipinski definition) is 1. The Balaban J connectivity index is 1.57. The van der Waals surface area contributed by atoms with Crippen LogP contribution in [0.2, 0.25) is 0 Å². The molecule has 1 aromatic heterocycles. The van der Waals surface area contributed by atoms with Crippen molar-refractivity contribution in [3.05, 3.63) is 66.1 Å². The number of rotatable bonds is 4. The summed E-state index contributed by atoms with van der Waals surface area (Å²) in [5, 5.41) is 0. The summed E-state index contributed by atoms with van der Waals surface area (Å²) in [5.74, 6) is 1.24. The Labute approximate surface area is 144 Å². The monoisotopic (exact) mass is 316 g/mol. The van der Waals surface area contributed by atoms with Crippen molar-refractivity contribution >= 4 is 0 Å². The van der Waals surface area contributed by atoms with E-state index in [2.05, 4.69) is 66.2 Å². The van der Waals surface area contributed by atoms with Gasteiger partial charge in [-0.1, -0.05) is 61.9 Å². The maximum absolute atomic E-state index is 4.82. The third-order valence-corrected chi connectivity index (χ3v) is 4.92. The van der Waals surface area contributed by atoms with Crippen LogP contribution in [0.15, 0.2) is 54.7 Å². The zero-order valence-corrected chi connectivity index (χ0v) is 14.3. The second kappa shape index (κ2) is 6.64. The molecule has 3 aromatic rings. The van der Waals surface area contributed by atoms with Gasteiger partial charge in [-0.3, -0.25) is 0 Å². The topological polar surface area (TPSA) is 17.8 Å². The molecular weight excluding hydrogens is 292 g/mol. The van der Waals surface area contributed by atoms with Gasteiger partial charge in [-0.25, -0.2) is 4.98 Å². The van der Waals surface area contributed by atoms with Gasteiger partial charge < -0.3 is 4.57 Å². The number of aryl methyl sites for hydroxylation is 3. The SMILES string of the molecule is CCCc1ccc(-c2ccc(-c3cn4c(n3)CCCC4)cc2)cc1. The molecule has 1 aliphatic heterocycles. The first-order valence-corrected chi connectivity index (χ1v) is 9.09. The van der Waals surface area contributed by atoms with E-state index in [0.29, 0.717) is 0 Å². The van der Waals surface area contributed by atoms with Crippen LogP contribution in [-0.4, -0.2) is 9.55 Å². The molecule has 0 saturated heterocycles. The molecule has 0 aliphatic carbocycles. The standard InChI is InChI=1S/C22H24N2/c1-2-5-17-7-9-18(10-8-17)19-11-13-20(14-12-19)21-16-24-15-4-3-6-22(24)23-21/h7-14,16H,2-6,15H2,1H3. The summed E-state index contributed by atoms with van der Waals surface area (Å²) in [4.78, 5) is 4.82. The second-order valence-electron chi connectivity index (χ2n) is 6.72. The van der Waals surface area contributed by atoms with Gasteiger partial charge in [-0.05, 0) is 36.0 Å². The molecule has 2 aromatic carbocycles. The summed E-state index contributed by atoms with van der Waals surface area (Å²) in [6.45, 7) is 3.34. The highest BCUT2D eigenvalue weighted by atomic mass is 15.1. The number of fused-ring (bicyclic) bond motifs is 1. The summed E-state index contributed by atoms with van der Waals surface area (Å²) in [6.07, 6.45) is 8.22. The third kappa shape index (κ3) is 3.01. The first-order valence-electron chi connectivity index (χ1n) is 9.09. The largest absolute Gasteiger partial charge is 0.334 e. The van der Waals surface area contributed by atoms with Crippen molar-refractivity contribution < 1.29 is 0 Å². The average Bonchev–Trinajstić information content (AvgIpc) is 3.07. The van der Waals surface area contributed by atoms with E-state index in [1.807, 2.05) is 0 Å². The molecule has 0 unspecified atom stereocenters. The smallest absolute Gasteiger partial charge is 0.109 e. The molecule has 24 heavy (non-hydrogen) atoms. The van der Waals surface area contributed by atoms with Gasteiger partial charge in [-0.2, -0.15) is 0 Å². The van der Waals surface area contributed by atoms with Crippen LogP contribution in [0.4, 0.5) is 0 Å². The quantitative estimate of drug-likeness (QED) is 0.621. The van der Waals surface area contributed by atoms with Crippen molar-refractivity contribution in [1.82, 2.24) is 9.55 Å². The molecule has 122 valence electrons. The summed E-state index contributed by atoms with van der Waals surface area (Å²) < 4.78 is 2.32. The van der Waals surface area contributed by atoms with Crippen LogP contribution in [0.1, 0.15) is 37.6 Å². The highest BCUT2D eigenvalue weighted by molar-refractivity contribution is 5.68. The van der Waals surface area contributed by atoms with E-state index in [-0.39, 0.29) is 0 Å². The Bertz CT molecular complexity index is 787. The van der Waals surface area contributed by atoms with Crippen molar-refractivity contribution in [3.8, 4) is 22.4 Å². The molecule has 2 heteroatoms. The maximum Gasteiger partial charge on any atom is 0.109 e. The number of hydrogen-bond donors (Lipinski definition) is 0. The minimum atomic E-state index is 1.11. The number of benzene rings is 2. The molecule has 1 aliphatic rings. The fourth-order valence-electron chi connectivity index (χ4n) is 3.54. The van der Waals surface area contributed by atoms with Crippen molar-refractivity contribution in [2.45, 2.75) is 45.6 Å². The Morgan fingerprint density at radius 2 is 1.54 bits per heavy atom. The lowest BCUT2D eigenvalue weighted by Gasteiger charge is -2.11. The lowest BCUT2D eigenvalue weighted by Crippen LogP contribution is -2.08. The van der Waals surface area contributed by atoms with Crippen LogP contribution in [-0.2, 0) is 19.4 Å². The predicted molar refractivity (Wildman–Crippen MR) is 100 cm³/mol. The van der Waals surface area contributed by atoms with Crippen molar-refractivity contribution in [2.24, 2.45) is 0 Å². The summed E-state index contributed by atoms with van der Waals surface area (Å²) >= 11 is 0. The van der Waals surface area contributed by atoms with Gasteiger partial charge in [0.15, 0.2) is 0 Å². The molecule has 0 radical (unpaired) electrons. The molecule has 0 saturated carbocycles. The fourth-order valence-corrected chi connectivity index (χ4v) is 3.54. The minimum Gasteiger partial charge on any atom is -0.334 e. The molecule has 2 nitrogen and oxygen atoms in total. The molecular formula is C22H24N2. The van der Waals surface area contributed by atoms with Gasteiger partial charge >= 0.3 is 0 Å². The zero-order valence-electron chi connectivity index (χ0n) is 14.3. The van der Waals surface area contributed by atoms with Gasteiger partial charge in [0.25, 0.3) is 0 Å². The normalized spacial score (nSPS) is 13.7. The summed E-state index contributed by atoms with van der Waals surface area (Å²) in [7, 11) is 0. The van der Waals surface area contributed by atoms with E-state index in [9.17, 15) is 0 Å². The number of nitrogens with zero attached hydrogens (tertiary/aromatic N) is 2. The second-order valence-corrected chi connectivity index (χ2v) is 6.72. The van der Waals surface area contributed by atoms with Crippen LogP contribution in [0, 0.1) is 0 Å². The molecule has 0 fully saturated rings. The Morgan fingerprint density at radius 3 is 2.21 bits per heavy atom. The van der Waals surface area contributed by atoms with Gasteiger partial charge in [0.2, 0.25) is 0 Å². The first kappa shape index (κ1) is 15.2. The molecule has 0 bridgehead atoms. The third-order valence-electron chi connectivity index (χ3n) is 4.92. The van der Waals surface area contributed by atoms with Crippen LogP contribution >= 0.6 is 0 Å². The van der Waals surface area contributed by atoms with E-state index in [1.165, 1.54) is 47.3 Å². The first-order chi connectivity index (χ1) is 11.8. The maximum atomic E-state index is 4.82. The van der Waals surface area contributed by atoms with Crippen molar-refractivity contribution in [1.29, 1.82) is 0 Å². The van der Waals surface area contributed by atoms with Gasteiger partial charge in [-0.15, -0.1) is 0 Å². The summed E-state index contributed by atoms with van der Waals surface area (Å²) in [6, 6.07) is 17.8. The van der Waals surface area contributed by atoms with E-state index < -0.39 is 0 Å². The van der Waals surface area contributed by atoms with E-state index in [1.54, 1.807) is 0 Å². The lowest BCUT2D eigenvalue weighted by atomic mass is 10.0. The molecule has 0 spiro atoms. The van der Waals surface area contributed by atoms with Gasteiger partial charge in [0.05, 0.1) is 5.69 Å². The highest BCUT2D eigenvalue weighted by Crippen LogP contribution is 2.26. The highest BCUT2D eigenvalue weighted by Gasteiger charge is 2.13. The lowest BCUT2D eigenvalue weighted by molar-refractivity contribution is 0.522. The Kier molecular flexibility index (Phi) is 4.20. The van der Waals surface area contributed by atoms with E-state index >= 15 is 0 Å². The molecule has 4 rings (SSSR count). The molecule has 0 N–H and O–H groups in total. The van der Waals surface area contributed by atoms with Crippen molar-refractivity contribution in [3.63, 3.8) is 0 Å².